The van der Waals surface area contributed by atoms with Crippen LogP contribution in [0, 0.1) is 0 Å². The van der Waals surface area contributed by atoms with E-state index in [4.69, 9.17) is 4.55 Å². The number of aromatic nitrogens is 2. The van der Waals surface area contributed by atoms with Crippen molar-refractivity contribution in [3.05, 3.63) is 28.7 Å². The largest absolute Gasteiger partial charge is 1.00 e. The Morgan fingerprint density at radius 2 is 1.80 bits per heavy atom. The number of hydrogen-bond acceptors (Lipinski definition) is 3. The van der Waals surface area contributed by atoms with Crippen molar-refractivity contribution in [2.45, 2.75) is 4.90 Å². The third kappa shape index (κ3) is 2.50. The maximum absolute atomic E-state index is 10.8. The van der Waals surface area contributed by atoms with Gasteiger partial charge in [0.1, 0.15) is 0 Å². The summed E-state index contributed by atoms with van der Waals surface area (Å²) in [5.41, 5.74) is 0.403. The van der Waals surface area contributed by atoms with E-state index in [2.05, 4.69) is 9.97 Å². The fraction of sp³-hybridized carbons (Fsp3) is 0. The summed E-state index contributed by atoms with van der Waals surface area (Å²) < 4.78 is 30.2. The third-order valence-corrected chi connectivity index (χ3v) is 2.63. The smallest absolute Gasteiger partial charge is 1.00 e. The van der Waals surface area contributed by atoms with Gasteiger partial charge in [0, 0.05) is 0 Å². The molecule has 1 heterocycles. The molecule has 0 saturated carbocycles. The number of hydrogen-bond donors (Lipinski definition) is 3. The molecule has 1 aromatic heterocycles. The maximum Gasteiger partial charge on any atom is 1.00 e. The van der Waals surface area contributed by atoms with E-state index in [1.165, 1.54) is 18.2 Å². The minimum atomic E-state index is -4.22. The molecule has 0 aliphatic rings. The first-order valence-electron chi connectivity index (χ1n) is 3.66. The molecule has 0 atom stereocenters. The van der Waals surface area contributed by atoms with Gasteiger partial charge in [-0.2, -0.15) is 8.42 Å². The molecule has 6 nitrogen and oxygen atoms in total. The van der Waals surface area contributed by atoms with Gasteiger partial charge in [0.2, 0.25) is 0 Å². The van der Waals surface area contributed by atoms with Gasteiger partial charge < -0.3 is 11.4 Å². The Labute approximate surface area is 108 Å². The quantitative estimate of drug-likeness (QED) is 0.369. The summed E-state index contributed by atoms with van der Waals surface area (Å²) in [4.78, 5) is 15.4. The number of H-pyrrole nitrogens is 2. The molecule has 2 aromatic rings. The molecule has 76 valence electrons. The molecule has 3 N–H and O–H groups in total. The average Bonchev–Trinajstić information content (AvgIpc) is 2.41. The zero-order valence-electron chi connectivity index (χ0n) is 8.81. The van der Waals surface area contributed by atoms with Gasteiger partial charge in [-0.3, -0.25) is 4.55 Å². The van der Waals surface area contributed by atoms with Crippen molar-refractivity contribution in [2.75, 3.05) is 0 Å². The van der Waals surface area contributed by atoms with Gasteiger partial charge in [-0.25, -0.2) is 4.79 Å². The molecule has 0 amide bonds. The van der Waals surface area contributed by atoms with Gasteiger partial charge in [0.05, 0.1) is 15.9 Å². The normalized spacial score (nSPS) is 11.3. The van der Waals surface area contributed by atoms with Gasteiger partial charge in [0.25, 0.3) is 10.1 Å². The number of aromatic amines is 2. The molecule has 0 fully saturated rings. The fourth-order valence-corrected chi connectivity index (χ4v) is 1.68. The molecule has 0 unspecified atom stereocenters. The van der Waals surface area contributed by atoms with Crippen LogP contribution < -0.4 is 35.2 Å². The van der Waals surface area contributed by atoms with Crippen molar-refractivity contribution in [2.24, 2.45) is 0 Å². The van der Waals surface area contributed by atoms with Crippen molar-refractivity contribution < 1.29 is 44.0 Å². The number of nitrogens with one attached hydrogen (secondary N) is 2. The summed E-state index contributed by atoms with van der Waals surface area (Å²) in [5.74, 6) is 0. The molecular weight excluding hydrogens is 231 g/mol. The summed E-state index contributed by atoms with van der Waals surface area (Å²) in [7, 11) is -4.22. The zero-order valence-corrected chi connectivity index (χ0v) is 10.6. The Balaban J connectivity index is 0.00000112. The Hall–Kier alpha value is -0.600. The van der Waals surface area contributed by atoms with E-state index in [0.717, 1.165) is 0 Å². The Morgan fingerprint density at radius 3 is 2.40 bits per heavy atom. The Morgan fingerprint density at radius 1 is 1.20 bits per heavy atom. The molecule has 15 heavy (non-hydrogen) atoms. The molecule has 0 saturated heterocycles. The summed E-state index contributed by atoms with van der Waals surface area (Å²) >= 11 is 0. The average molecular weight is 238 g/mol. The summed E-state index contributed by atoms with van der Waals surface area (Å²) in [5, 5.41) is 0. The van der Waals surface area contributed by atoms with Crippen molar-refractivity contribution in [1.82, 2.24) is 9.97 Å². The van der Waals surface area contributed by atoms with E-state index in [9.17, 15) is 13.2 Å². The van der Waals surface area contributed by atoms with Gasteiger partial charge in [-0.1, -0.05) is 0 Å². The van der Waals surface area contributed by atoms with E-state index in [1.54, 1.807) is 0 Å². The molecule has 0 bridgehead atoms. The van der Waals surface area contributed by atoms with Crippen molar-refractivity contribution >= 4 is 21.2 Å². The van der Waals surface area contributed by atoms with Crippen LogP contribution in [0.2, 0.25) is 0 Å². The molecule has 0 radical (unpaired) electrons. The van der Waals surface area contributed by atoms with Crippen LogP contribution in [0.15, 0.2) is 27.9 Å². The third-order valence-electron chi connectivity index (χ3n) is 1.79. The molecule has 2 rings (SSSR count). The number of fused-ring (bicyclic) bond motifs is 1. The summed E-state index contributed by atoms with van der Waals surface area (Å²) in [6, 6.07) is 3.79. The predicted molar refractivity (Wildman–Crippen MR) is 49.8 cm³/mol. The second kappa shape index (κ2) is 4.11. The van der Waals surface area contributed by atoms with Crippen LogP contribution in [-0.4, -0.2) is 22.9 Å². The van der Waals surface area contributed by atoms with Crippen molar-refractivity contribution in [3.8, 4) is 0 Å². The summed E-state index contributed by atoms with van der Waals surface area (Å²) in [6.07, 6.45) is 0. The second-order valence-electron chi connectivity index (χ2n) is 2.76. The minimum absolute atomic E-state index is 0. The monoisotopic (exact) mass is 238 g/mol. The van der Waals surface area contributed by atoms with Crippen LogP contribution in [-0.2, 0) is 10.1 Å². The topological polar surface area (TPSA) is 103 Å². The zero-order chi connectivity index (χ0) is 10.3. The van der Waals surface area contributed by atoms with Crippen LogP contribution in [0.3, 0.4) is 0 Å². The molecule has 1 aromatic carbocycles. The van der Waals surface area contributed by atoms with Crippen LogP contribution in [0.1, 0.15) is 1.43 Å². The first-order chi connectivity index (χ1) is 6.47. The molecule has 0 spiro atoms. The first kappa shape index (κ1) is 12.5. The standard InChI is InChI=1S/C7H6N2O4S.Na.H/c10-7-8-5-2-1-4(14(11,12)13)3-6(5)9-7;;/h1-3H,(H2,8,9,10)(H,11,12,13);;/q;+1;-1. The van der Waals surface area contributed by atoms with Gasteiger partial charge in [-0.05, 0) is 18.2 Å². The second-order valence-corrected chi connectivity index (χ2v) is 4.18. The first-order valence-corrected chi connectivity index (χ1v) is 5.10. The van der Waals surface area contributed by atoms with Crippen LogP contribution >= 0.6 is 0 Å². The van der Waals surface area contributed by atoms with E-state index in [0.29, 0.717) is 11.0 Å². The van der Waals surface area contributed by atoms with Gasteiger partial charge >= 0.3 is 35.2 Å². The fourth-order valence-electron chi connectivity index (χ4n) is 1.17. The maximum atomic E-state index is 10.8. The Bertz CT molecular complexity index is 648. The van der Waals surface area contributed by atoms with Crippen LogP contribution in [0.4, 0.5) is 0 Å². The molecule has 8 heteroatoms. The van der Waals surface area contributed by atoms with E-state index in [1.807, 2.05) is 0 Å². The number of benzene rings is 1. The van der Waals surface area contributed by atoms with Crippen LogP contribution in [0.5, 0.6) is 0 Å². The van der Waals surface area contributed by atoms with Crippen LogP contribution in [0.25, 0.3) is 11.0 Å². The number of rotatable bonds is 1. The molecular formula is C7H7N2NaO4S. The van der Waals surface area contributed by atoms with E-state index in [-0.39, 0.29) is 35.9 Å². The minimum Gasteiger partial charge on any atom is -1.00 e. The van der Waals surface area contributed by atoms with Crippen molar-refractivity contribution in [3.63, 3.8) is 0 Å². The van der Waals surface area contributed by atoms with E-state index >= 15 is 0 Å². The molecule has 0 aliphatic heterocycles. The SMILES string of the molecule is O=c1[nH]c2ccc(S(=O)(=O)O)cc2[nH]1.[H-].[Na+]. The predicted octanol–water partition coefficient (Wildman–Crippen LogP) is -2.78. The van der Waals surface area contributed by atoms with Gasteiger partial charge in [0.15, 0.2) is 0 Å². The number of imidazole rings is 1. The Kier molecular flexibility index (Phi) is 3.41. The van der Waals surface area contributed by atoms with Crippen molar-refractivity contribution in [1.29, 1.82) is 0 Å². The summed E-state index contributed by atoms with van der Waals surface area (Å²) in [6.45, 7) is 0. The van der Waals surface area contributed by atoms with E-state index < -0.39 is 15.8 Å². The van der Waals surface area contributed by atoms with Gasteiger partial charge in [-0.15, -0.1) is 0 Å². The molecule has 0 aliphatic carbocycles.